The molecule has 0 aliphatic carbocycles. The summed E-state index contributed by atoms with van der Waals surface area (Å²) in [7, 11) is 5.87. The second kappa shape index (κ2) is 11.0. The summed E-state index contributed by atoms with van der Waals surface area (Å²) in [4.78, 5) is 9.13. The molecule has 1 unspecified atom stereocenters. The lowest BCUT2D eigenvalue weighted by molar-refractivity contribution is 0.0169. The number of hydrogen-bond acceptors (Lipinski definition) is 4. The van der Waals surface area contributed by atoms with Gasteiger partial charge in [0, 0.05) is 64.1 Å². The molecule has 3 rings (SSSR count). The molecule has 31 heavy (non-hydrogen) atoms. The quantitative estimate of drug-likeness (QED) is 0.522. The minimum Gasteiger partial charge on any atom is -0.379 e. The summed E-state index contributed by atoms with van der Waals surface area (Å²) in [6.45, 7) is 9.16. The molecule has 170 valence electrons. The van der Waals surface area contributed by atoms with Gasteiger partial charge >= 0.3 is 0 Å². The highest BCUT2D eigenvalue weighted by atomic mass is 35.5. The number of ether oxygens (including phenoxy) is 1. The molecule has 0 bridgehead atoms. The Bertz CT molecular complexity index is 875. The number of morpholine rings is 1. The first-order valence-electron chi connectivity index (χ1n) is 10.9. The smallest absolute Gasteiger partial charge is 0.193 e. The van der Waals surface area contributed by atoms with E-state index in [1.54, 1.807) is 0 Å². The maximum Gasteiger partial charge on any atom is 0.193 e. The van der Waals surface area contributed by atoms with Gasteiger partial charge < -0.3 is 15.0 Å². The van der Waals surface area contributed by atoms with E-state index < -0.39 is 0 Å². The number of hydrogen-bond donors (Lipinski definition) is 1. The number of nitrogens with zero attached hydrogens (tertiary/aromatic N) is 5. The van der Waals surface area contributed by atoms with Crippen LogP contribution >= 0.6 is 11.6 Å². The van der Waals surface area contributed by atoms with Crippen molar-refractivity contribution in [1.29, 1.82) is 0 Å². The third kappa shape index (κ3) is 6.21. The lowest BCUT2D eigenvalue weighted by atomic mass is 10.0. The lowest BCUT2D eigenvalue weighted by Crippen LogP contribution is -2.46. The second-order valence-electron chi connectivity index (χ2n) is 8.37. The van der Waals surface area contributed by atoms with Crippen LogP contribution in [0.2, 0.25) is 5.02 Å². The standard InChI is InChI=1S/C23H35ClN6O/c1-17(2)22-19(16-29(5)27-22)15-28(4)23(25-3)26-14-21(30-9-11-31-12-10-30)18-7-6-8-20(24)13-18/h6-8,13,16-17,21H,9-12,14-15H2,1-5H3,(H,25,26). The van der Waals surface area contributed by atoms with Gasteiger partial charge in [-0.1, -0.05) is 37.6 Å². The Morgan fingerprint density at radius 3 is 2.71 bits per heavy atom. The number of aryl methyl sites for hydroxylation is 1. The number of nitrogens with one attached hydrogen (secondary N) is 1. The molecule has 1 aliphatic rings. The fraction of sp³-hybridized carbons (Fsp3) is 0.565. The maximum absolute atomic E-state index is 6.30. The molecule has 0 saturated carbocycles. The van der Waals surface area contributed by atoms with Crippen molar-refractivity contribution in [3.63, 3.8) is 0 Å². The van der Waals surface area contributed by atoms with Gasteiger partial charge in [0.2, 0.25) is 0 Å². The summed E-state index contributed by atoms with van der Waals surface area (Å²) >= 11 is 6.30. The van der Waals surface area contributed by atoms with Crippen LogP contribution in [0.4, 0.5) is 0 Å². The first-order valence-corrected chi connectivity index (χ1v) is 11.3. The van der Waals surface area contributed by atoms with Crippen LogP contribution < -0.4 is 5.32 Å². The molecule has 2 heterocycles. The molecule has 0 spiro atoms. The van der Waals surface area contributed by atoms with E-state index in [-0.39, 0.29) is 6.04 Å². The number of rotatable bonds is 7. The minimum atomic E-state index is 0.192. The molecular weight excluding hydrogens is 412 g/mol. The van der Waals surface area contributed by atoms with Crippen LogP contribution in [-0.4, -0.2) is 72.5 Å². The molecule has 8 heteroatoms. The zero-order valence-corrected chi connectivity index (χ0v) is 20.1. The molecule has 1 aromatic heterocycles. The Labute approximate surface area is 191 Å². The van der Waals surface area contributed by atoms with Crippen LogP contribution in [0.1, 0.15) is 42.6 Å². The van der Waals surface area contributed by atoms with Crippen molar-refractivity contribution < 1.29 is 4.74 Å². The SMILES string of the molecule is CN=C(NCC(c1cccc(Cl)c1)N1CCOCC1)N(C)Cc1cn(C)nc1C(C)C. The van der Waals surface area contributed by atoms with E-state index in [2.05, 4.69) is 64.4 Å². The van der Waals surface area contributed by atoms with Crippen LogP contribution in [0.3, 0.4) is 0 Å². The molecule has 1 aliphatic heterocycles. The van der Waals surface area contributed by atoms with Crippen LogP contribution in [-0.2, 0) is 18.3 Å². The largest absolute Gasteiger partial charge is 0.379 e. The third-order valence-electron chi connectivity index (χ3n) is 5.64. The van der Waals surface area contributed by atoms with Crippen molar-refractivity contribution in [2.75, 3.05) is 46.9 Å². The van der Waals surface area contributed by atoms with Crippen LogP contribution in [0.5, 0.6) is 0 Å². The van der Waals surface area contributed by atoms with Crippen LogP contribution in [0, 0.1) is 0 Å². The Morgan fingerprint density at radius 1 is 1.32 bits per heavy atom. The second-order valence-corrected chi connectivity index (χ2v) is 8.81. The van der Waals surface area contributed by atoms with Crippen molar-refractivity contribution in [2.24, 2.45) is 12.0 Å². The zero-order chi connectivity index (χ0) is 22.4. The van der Waals surface area contributed by atoms with E-state index in [4.69, 9.17) is 16.3 Å². The van der Waals surface area contributed by atoms with Crippen molar-refractivity contribution in [2.45, 2.75) is 32.4 Å². The summed E-state index contributed by atoms with van der Waals surface area (Å²) in [6, 6.07) is 8.33. The van der Waals surface area contributed by atoms with E-state index in [0.717, 1.165) is 56.1 Å². The van der Waals surface area contributed by atoms with Gasteiger partial charge in [0.05, 0.1) is 24.9 Å². The summed E-state index contributed by atoms with van der Waals surface area (Å²) in [6.07, 6.45) is 2.10. The summed E-state index contributed by atoms with van der Waals surface area (Å²) in [5.74, 6) is 1.24. The van der Waals surface area contributed by atoms with Gasteiger partial charge in [0.1, 0.15) is 0 Å². The van der Waals surface area contributed by atoms with Crippen LogP contribution in [0.25, 0.3) is 0 Å². The van der Waals surface area contributed by atoms with Crippen molar-refractivity contribution in [1.82, 2.24) is 24.9 Å². The average molecular weight is 447 g/mol. The number of benzene rings is 1. The Balaban J connectivity index is 1.71. The monoisotopic (exact) mass is 446 g/mol. The Kier molecular flexibility index (Phi) is 8.35. The van der Waals surface area contributed by atoms with E-state index in [1.807, 2.05) is 30.9 Å². The van der Waals surface area contributed by atoms with Crippen molar-refractivity contribution >= 4 is 17.6 Å². The summed E-state index contributed by atoms with van der Waals surface area (Å²) < 4.78 is 7.46. The summed E-state index contributed by atoms with van der Waals surface area (Å²) in [5.41, 5.74) is 3.56. The van der Waals surface area contributed by atoms with E-state index >= 15 is 0 Å². The number of aliphatic imine (C=N–C) groups is 1. The lowest BCUT2D eigenvalue weighted by Gasteiger charge is -2.35. The van der Waals surface area contributed by atoms with Gasteiger partial charge in [-0.25, -0.2) is 0 Å². The zero-order valence-electron chi connectivity index (χ0n) is 19.3. The van der Waals surface area contributed by atoms with Gasteiger partial charge in [-0.2, -0.15) is 5.10 Å². The first-order chi connectivity index (χ1) is 14.9. The third-order valence-corrected chi connectivity index (χ3v) is 5.87. The number of halogens is 1. The molecule has 0 radical (unpaired) electrons. The molecule has 0 amide bonds. The predicted octanol–water partition coefficient (Wildman–Crippen LogP) is 3.28. The van der Waals surface area contributed by atoms with Crippen LogP contribution in [0.15, 0.2) is 35.5 Å². The molecule has 1 atom stereocenters. The number of aromatic nitrogens is 2. The van der Waals surface area contributed by atoms with Crippen molar-refractivity contribution in [3.8, 4) is 0 Å². The van der Waals surface area contributed by atoms with E-state index in [9.17, 15) is 0 Å². The molecule has 2 aromatic rings. The molecule has 7 nitrogen and oxygen atoms in total. The highest BCUT2D eigenvalue weighted by Gasteiger charge is 2.24. The molecular formula is C23H35ClN6O. The van der Waals surface area contributed by atoms with Gasteiger partial charge in [0.25, 0.3) is 0 Å². The normalized spacial score (nSPS) is 16.5. The highest BCUT2D eigenvalue weighted by Crippen LogP contribution is 2.24. The fourth-order valence-corrected chi connectivity index (χ4v) is 4.33. The van der Waals surface area contributed by atoms with Gasteiger partial charge in [0.15, 0.2) is 5.96 Å². The van der Waals surface area contributed by atoms with Gasteiger partial charge in [-0.3, -0.25) is 14.6 Å². The van der Waals surface area contributed by atoms with E-state index in [0.29, 0.717) is 5.92 Å². The Morgan fingerprint density at radius 2 is 2.06 bits per heavy atom. The Hall–Kier alpha value is -2.09. The average Bonchev–Trinajstić information content (AvgIpc) is 3.12. The number of guanidine groups is 1. The fourth-order valence-electron chi connectivity index (χ4n) is 4.13. The van der Waals surface area contributed by atoms with Crippen molar-refractivity contribution in [3.05, 3.63) is 52.3 Å². The molecule has 1 saturated heterocycles. The first kappa shape index (κ1) is 23.6. The maximum atomic E-state index is 6.30. The molecule has 1 N–H and O–H groups in total. The summed E-state index contributed by atoms with van der Waals surface area (Å²) in [5, 5.41) is 8.97. The van der Waals surface area contributed by atoms with Gasteiger partial charge in [-0.05, 0) is 23.6 Å². The molecule has 1 aromatic carbocycles. The van der Waals surface area contributed by atoms with E-state index in [1.165, 1.54) is 11.1 Å². The van der Waals surface area contributed by atoms with Gasteiger partial charge in [-0.15, -0.1) is 0 Å². The predicted molar refractivity (Wildman–Crippen MR) is 127 cm³/mol. The molecule has 1 fully saturated rings. The highest BCUT2D eigenvalue weighted by molar-refractivity contribution is 6.30. The topological polar surface area (TPSA) is 57.9 Å². The minimum absolute atomic E-state index is 0.192.